The monoisotopic (exact) mass is 300 g/mol. The molecular weight excluding hydrogens is 288 g/mol. The lowest BCUT2D eigenvalue weighted by Gasteiger charge is -2.16. The number of rotatable bonds is 4. The van der Waals surface area contributed by atoms with Gasteiger partial charge in [0.1, 0.15) is 5.76 Å². The summed E-state index contributed by atoms with van der Waals surface area (Å²) in [6.07, 6.45) is 1.50. The summed E-state index contributed by atoms with van der Waals surface area (Å²) in [4.78, 5) is 0.100. The first-order valence-electron chi connectivity index (χ1n) is 5.45. The molecule has 0 atom stereocenters. The Bertz CT molecular complexity index is 668. The summed E-state index contributed by atoms with van der Waals surface area (Å²) < 4.78 is 30.9. The van der Waals surface area contributed by atoms with Gasteiger partial charge in [-0.3, -0.25) is 0 Å². The predicted octanol–water partition coefficient (Wildman–Crippen LogP) is 2.34. The highest BCUT2D eigenvalue weighted by Crippen LogP contribution is 2.24. The molecule has 0 amide bonds. The van der Waals surface area contributed by atoms with E-state index in [4.69, 9.17) is 21.8 Å². The first-order chi connectivity index (χ1) is 8.91. The maximum absolute atomic E-state index is 12.3. The highest BCUT2D eigenvalue weighted by molar-refractivity contribution is 7.89. The van der Waals surface area contributed by atoms with Crippen LogP contribution in [0.2, 0.25) is 5.02 Å². The molecule has 7 heteroatoms. The molecule has 1 aromatic carbocycles. The molecule has 2 aromatic rings. The lowest BCUT2D eigenvalue weighted by Crippen LogP contribution is -2.26. The van der Waals surface area contributed by atoms with Gasteiger partial charge in [0.25, 0.3) is 0 Å². The predicted molar refractivity (Wildman–Crippen MR) is 73.2 cm³/mol. The molecule has 2 rings (SSSR count). The van der Waals surface area contributed by atoms with Crippen molar-refractivity contribution in [3.05, 3.63) is 47.4 Å². The highest BCUT2D eigenvalue weighted by Gasteiger charge is 2.22. The molecule has 0 saturated carbocycles. The van der Waals surface area contributed by atoms with E-state index in [2.05, 4.69) is 0 Å². The van der Waals surface area contributed by atoms with E-state index in [0.29, 0.717) is 10.8 Å². The first-order valence-corrected chi connectivity index (χ1v) is 7.27. The van der Waals surface area contributed by atoms with Crippen LogP contribution in [0.1, 0.15) is 5.76 Å². The maximum atomic E-state index is 12.3. The average molecular weight is 301 g/mol. The summed E-state index contributed by atoms with van der Waals surface area (Å²) in [5.74, 6) is 0.563. The quantitative estimate of drug-likeness (QED) is 0.879. The van der Waals surface area contributed by atoms with Crippen molar-refractivity contribution >= 4 is 27.3 Å². The van der Waals surface area contributed by atoms with Crippen molar-refractivity contribution in [2.75, 3.05) is 12.8 Å². The van der Waals surface area contributed by atoms with Gasteiger partial charge in [0, 0.05) is 7.05 Å². The zero-order chi connectivity index (χ0) is 14.0. The SMILES string of the molecule is CN(Cc1ccco1)S(=O)(=O)c1ccc(Cl)c(N)c1. The smallest absolute Gasteiger partial charge is 0.243 e. The molecule has 0 saturated heterocycles. The molecule has 1 heterocycles. The van der Waals surface area contributed by atoms with Crippen LogP contribution in [0.15, 0.2) is 45.9 Å². The van der Waals surface area contributed by atoms with Gasteiger partial charge in [0.15, 0.2) is 0 Å². The molecule has 0 spiro atoms. The number of furan rings is 1. The van der Waals surface area contributed by atoms with E-state index in [1.54, 1.807) is 12.1 Å². The molecule has 0 aliphatic heterocycles. The Hall–Kier alpha value is -1.50. The first kappa shape index (κ1) is 13.9. The Morgan fingerprint density at radius 2 is 2.11 bits per heavy atom. The molecule has 0 aliphatic carbocycles. The Balaban J connectivity index is 2.28. The van der Waals surface area contributed by atoms with Crippen LogP contribution in [0, 0.1) is 0 Å². The van der Waals surface area contributed by atoms with E-state index in [0.717, 1.165) is 0 Å². The van der Waals surface area contributed by atoms with Gasteiger partial charge >= 0.3 is 0 Å². The molecule has 5 nitrogen and oxygen atoms in total. The molecule has 1 aromatic heterocycles. The number of anilines is 1. The Labute approximate surface area is 116 Å². The topological polar surface area (TPSA) is 76.5 Å². The summed E-state index contributed by atoms with van der Waals surface area (Å²) in [6.45, 7) is 0.151. The zero-order valence-corrected chi connectivity index (χ0v) is 11.8. The van der Waals surface area contributed by atoms with Crippen molar-refractivity contribution < 1.29 is 12.8 Å². The number of sulfonamides is 1. The minimum absolute atomic E-state index is 0.100. The lowest BCUT2D eigenvalue weighted by atomic mass is 10.3. The van der Waals surface area contributed by atoms with Gasteiger partial charge in [0.2, 0.25) is 10.0 Å². The van der Waals surface area contributed by atoms with Gasteiger partial charge in [-0.15, -0.1) is 0 Å². The highest BCUT2D eigenvalue weighted by atomic mass is 35.5. The Morgan fingerprint density at radius 1 is 1.37 bits per heavy atom. The average Bonchev–Trinajstić information content (AvgIpc) is 2.85. The van der Waals surface area contributed by atoms with Gasteiger partial charge in [-0.2, -0.15) is 4.31 Å². The molecular formula is C12H13ClN2O3S. The fourth-order valence-corrected chi connectivity index (χ4v) is 2.86. The number of hydrogen-bond donors (Lipinski definition) is 1. The fourth-order valence-electron chi connectivity index (χ4n) is 1.57. The summed E-state index contributed by atoms with van der Waals surface area (Å²) in [7, 11) is -2.14. The number of halogens is 1. The van der Waals surface area contributed by atoms with E-state index in [1.165, 1.54) is 35.8 Å². The van der Waals surface area contributed by atoms with Gasteiger partial charge < -0.3 is 10.2 Å². The summed E-state index contributed by atoms with van der Waals surface area (Å²) in [5.41, 5.74) is 5.85. The van der Waals surface area contributed by atoms with Crippen molar-refractivity contribution in [2.45, 2.75) is 11.4 Å². The second-order valence-electron chi connectivity index (χ2n) is 4.02. The van der Waals surface area contributed by atoms with Crippen molar-refractivity contribution in [1.29, 1.82) is 0 Å². The maximum Gasteiger partial charge on any atom is 0.243 e. The van der Waals surface area contributed by atoms with Gasteiger partial charge in [-0.05, 0) is 30.3 Å². The van der Waals surface area contributed by atoms with Gasteiger partial charge in [0.05, 0.1) is 28.4 Å². The molecule has 0 aliphatic rings. The lowest BCUT2D eigenvalue weighted by molar-refractivity contribution is 0.406. The minimum atomic E-state index is -3.62. The van der Waals surface area contributed by atoms with E-state index in [1.807, 2.05) is 0 Å². The second-order valence-corrected chi connectivity index (χ2v) is 6.48. The van der Waals surface area contributed by atoms with Crippen molar-refractivity contribution in [2.24, 2.45) is 0 Å². The number of nitrogens with zero attached hydrogens (tertiary/aromatic N) is 1. The minimum Gasteiger partial charge on any atom is -0.468 e. The summed E-state index contributed by atoms with van der Waals surface area (Å²) in [6, 6.07) is 7.64. The van der Waals surface area contributed by atoms with Crippen LogP contribution in [0.25, 0.3) is 0 Å². The largest absolute Gasteiger partial charge is 0.468 e. The molecule has 0 bridgehead atoms. The molecule has 0 unspecified atom stereocenters. The zero-order valence-electron chi connectivity index (χ0n) is 10.2. The van der Waals surface area contributed by atoms with Crippen LogP contribution in [-0.4, -0.2) is 19.8 Å². The standard InChI is InChI=1S/C12H13ClN2O3S/c1-15(8-9-3-2-6-18-9)19(16,17)10-4-5-11(13)12(14)7-10/h2-7H,8,14H2,1H3. The van der Waals surface area contributed by atoms with Crippen LogP contribution in [-0.2, 0) is 16.6 Å². The number of hydrogen-bond acceptors (Lipinski definition) is 4. The third-order valence-corrected chi connectivity index (χ3v) is 4.78. The van der Waals surface area contributed by atoms with Gasteiger partial charge in [-0.1, -0.05) is 11.6 Å². The van der Waals surface area contributed by atoms with E-state index >= 15 is 0 Å². The summed E-state index contributed by atoms with van der Waals surface area (Å²) >= 11 is 5.78. The van der Waals surface area contributed by atoms with Crippen LogP contribution in [0.4, 0.5) is 5.69 Å². The van der Waals surface area contributed by atoms with Crippen molar-refractivity contribution in [1.82, 2.24) is 4.31 Å². The molecule has 19 heavy (non-hydrogen) atoms. The molecule has 0 radical (unpaired) electrons. The van der Waals surface area contributed by atoms with E-state index in [-0.39, 0.29) is 17.1 Å². The van der Waals surface area contributed by atoms with Gasteiger partial charge in [-0.25, -0.2) is 8.42 Å². The molecule has 2 N–H and O–H groups in total. The van der Waals surface area contributed by atoms with E-state index in [9.17, 15) is 8.42 Å². The van der Waals surface area contributed by atoms with E-state index < -0.39 is 10.0 Å². The van der Waals surface area contributed by atoms with Crippen LogP contribution >= 0.6 is 11.6 Å². The van der Waals surface area contributed by atoms with Crippen LogP contribution in [0.3, 0.4) is 0 Å². The number of nitrogens with two attached hydrogens (primary N) is 1. The third-order valence-electron chi connectivity index (χ3n) is 2.63. The summed E-state index contributed by atoms with van der Waals surface area (Å²) in [5, 5.41) is 0.327. The Morgan fingerprint density at radius 3 is 2.68 bits per heavy atom. The Kier molecular flexibility index (Phi) is 3.84. The fraction of sp³-hybridized carbons (Fsp3) is 0.167. The second kappa shape index (κ2) is 5.24. The number of nitrogen functional groups attached to an aromatic ring is 1. The van der Waals surface area contributed by atoms with Crippen molar-refractivity contribution in [3.63, 3.8) is 0 Å². The van der Waals surface area contributed by atoms with Crippen LogP contribution < -0.4 is 5.73 Å². The normalized spacial score (nSPS) is 11.9. The van der Waals surface area contributed by atoms with Crippen LogP contribution in [0.5, 0.6) is 0 Å². The molecule has 0 fully saturated rings. The third kappa shape index (κ3) is 2.91. The number of benzene rings is 1. The van der Waals surface area contributed by atoms with Crippen molar-refractivity contribution in [3.8, 4) is 0 Å². The molecule has 102 valence electrons.